The fourth-order valence-electron chi connectivity index (χ4n) is 3.58. The minimum absolute atomic E-state index is 0.180. The number of carbonyl (C=O) groups excluding carboxylic acids is 1. The molecule has 0 unspecified atom stereocenters. The molecule has 3 nitrogen and oxygen atoms in total. The van der Waals surface area contributed by atoms with Crippen LogP contribution in [0.4, 0.5) is 0 Å². The van der Waals surface area contributed by atoms with Gasteiger partial charge in [0.05, 0.1) is 7.11 Å². The number of H-pyrrole nitrogens is 1. The number of ether oxygens (including phenoxy) is 1. The quantitative estimate of drug-likeness (QED) is 0.424. The van der Waals surface area contributed by atoms with Gasteiger partial charge in [-0.05, 0) is 59.0 Å². The Balaban J connectivity index is 1.80. The molecule has 4 rings (SSSR count). The Bertz CT molecular complexity index is 1130. The molecule has 0 aliphatic rings. The topological polar surface area (TPSA) is 42.1 Å². The van der Waals surface area contributed by atoms with E-state index in [0.29, 0.717) is 11.4 Å². The molecule has 136 valence electrons. The minimum atomic E-state index is -0.180. The Hall–Kier alpha value is -2.78. The van der Waals surface area contributed by atoms with Crippen LogP contribution in [-0.4, -0.2) is 18.1 Å². The van der Waals surface area contributed by atoms with E-state index in [-0.39, 0.29) is 5.97 Å². The molecule has 0 fully saturated rings. The number of hydrogen-bond donors (Lipinski definition) is 1. The number of carbonyl (C=O) groups is 1. The molecule has 4 heteroatoms. The average Bonchev–Trinajstić information content (AvgIpc) is 3.05. The highest BCUT2D eigenvalue weighted by atomic mass is 35.5. The predicted molar refractivity (Wildman–Crippen MR) is 111 cm³/mol. The minimum Gasteiger partial charge on any atom is -0.469 e. The van der Waals surface area contributed by atoms with Crippen molar-refractivity contribution in [3.8, 4) is 11.3 Å². The lowest BCUT2D eigenvalue weighted by molar-refractivity contribution is -0.140. The lowest BCUT2D eigenvalue weighted by Gasteiger charge is -2.07. The molecule has 4 aromatic rings. The van der Waals surface area contributed by atoms with E-state index in [0.717, 1.165) is 35.0 Å². The highest BCUT2D eigenvalue weighted by Gasteiger charge is 2.14. The van der Waals surface area contributed by atoms with Crippen molar-refractivity contribution in [2.75, 3.05) is 7.11 Å². The third kappa shape index (κ3) is 3.56. The zero-order valence-electron chi connectivity index (χ0n) is 15.1. The summed E-state index contributed by atoms with van der Waals surface area (Å²) in [5, 5.41) is 4.23. The van der Waals surface area contributed by atoms with Crippen LogP contribution in [0, 0.1) is 0 Å². The Labute approximate surface area is 162 Å². The van der Waals surface area contributed by atoms with Crippen molar-refractivity contribution in [3.63, 3.8) is 0 Å². The number of nitrogens with one attached hydrogen (secondary N) is 1. The number of benzene rings is 3. The van der Waals surface area contributed by atoms with E-state index in [1.54, 1.807) is 0 Å². The Morgan fingerprint density at radius 1 is 1.04 bits per heavy atom. The number of aromatic nitrogens is 1. The van der Waals surface area contributed by atoms with Gasteiger partial charge in [0.1, 0.15) is 0 Å². The van der Waals surface area contributed by atoms with Gasteiger partial charge >= 0.3 is 5.97 Å². The van der Waals surface area contributed by atoms with Crippen molar-refractivity contribution < 1.29 is 9.53 Å². The summed E-state index contributed by atoms with van der Waals surface area (Å²) < 4.78 is 4.77. The number of halogens is 1. The predicted octanol–water partition coefficient (Wildman–Crippen LogP) is 6.14. The second-order valence-corrected chi connectivity index (χ2v) is 7.10. The number of methoxy groups -OCH3 is 1. The third-order valence-corrected chi connectivity index (χ3v) is 5.18. The Kier molecular flexibility index (Phi) is 4.87. The molecule has 3 aromatic carbocycles. The molecule has 0 saturated heterocycles. The molecule has 0 bridgehead atoms. The van der Waals surface area contributed by atoms with Gasteiger partial charge in [-0.2, -0.15) is 0 Å². The van der Waals surface area contributed by atoms with Crippen LogP contribution in [0.5, 0.6) is 0 Å². The molecular weight excluding hydrogens is 358 g/mol. The summed E-state index contributed by atoms with van der Waals surface area (Å²) >= 11 is 6.24. The zero-order chi connectivity index (χ0) is 18.8. The molecule has 0 aliphatic carbocycles. The standard InChI is InChI=1S/C23H20ClNO2/c1-27-22(26)8-4-7-19-20-14-18(24)11-12-21(20)25-23(19)17-10-9-15-5-2-3-6-16(15)13-17/h2-3,5-6,9-14,25H,4,7-8H2,1H3. The van der Waals surface area contributed by atoms with Gasteiger partial charge in [0.2, 0.25) is 0 Å². The summed E-state index contributed by atoms with van der Waals surface area (Å²) in [6.45, 7) is 0. The van der Waals surface area contributed by atoms with Crippen LogP contribution in [0.1, 0.15) is 18.4 Å². The van der Waals surface area contributed by atoms with Crippen molar-refractivity contribution in [2.45, 2.75) is 19.3 Å². The summed E-state index contributed by atoms with van der Waals surface area (Å²) in [6, 6.07) is 20.7. The van der Waals surface area contributed by atoms with Crippen molar-refractivity contribution >= 4 is 39.2 Å². The van der Waals surface area contributed by atoms with Gasteiger partial charge in [-0.1, -0.05) is 48.0 Å². The highest BCUT2D eigenvalue weighted by Crippen LogP contribution is 2.34. The monoisotopic (exact) mass is 377 g/mol. The van der Waals surface area contributed by atoms with Crippen LogP contribution >= 0.6 is 11.6 Å². The molecule has 0 atom stereocenters. The van der Waals surface area contributed by atoms with E-state index in [9.17, 15) is 4.79 Å². The molecule has 27 heavy (non-hydrogen) atoms. The van der Waals surface area contributed by atoms with Crippen molar-refractivity contribution in [1.82, 2.24) is 4.98 Å². The summed E-state index contributed by atoms with van der Waals surface area (Å²) in [4.78, 5) is 15.1. The van der Waals surface area contributed by atoms with Crippen molar-refractivity contribution in [2.24, 2.45) is 0 Å². The molecule has 0 aliphatic heterocycles. The maximum atomic E-state index is 11.5. The van der Waals surface area contributed by atoms with Crippen LogP contribution in [0.3, 0.4) is 0 Å². The third-order valence-electron chi connectivity index (χ3n) is 4.94. The van der Waals surface area contributed by atoms with Gasteiger partial charge in [-0.15, -0.1) is 0 Å². The summed E-state index contributed by atoms with van der Waals surface area (Å²) in [7, 11) is 1.42. The maximum Gasteiger partial charge on any atom is 0.305 e. The van der Waals surface area contributed by atoms with E-state index in [4.69, 9.17) is 16.3 Å². The van der Waals surface area contributed by atoms with Crippen molar-refractivity contribution in [3.05, 3.63) is 71.2 Å². The number of rotatable bonds is 5. The van der Waals surface area contributed by atoms with Crippen LogP contribution in [0.2, 0.25) is 5.02 Å². The molecule has 0 amide bonds. The number of aromatic amines is 1. The van der Waals surface area contributed by atoms with Crippen LogP contribution in [0.25, 0.3) is 32.9 Å². The van der Waals surface area contributed by atoms with Gasteiger partial charge in [-0.25, -0.2) is 0 Å². The molecule has 0 radical (unpaired) electrons. The second kappa shape index (κ2) is 7.45. The van der Waals surface area contributed by atoms with Crippen molar-refractivity contribution in [1.29, 1.82) is 0 Å². The first-order valence-electron chi connectivity index (χ1n) is 9.02. The second-order valence-electron chi connectivity index (χ2n) is 6.66. The number of fused-ring (bicyclic) bond motifs is 2. The molecule has 1 N–H and O–H groups in total. The van der Waals surface area contributed by atoms with Crippen LogP contribution in [0.15, 0.2) is 60.7 Å². The maximum absolute atomic E-state index is 11.5. The Morgan fingerprint density at radius 3 is 2.67 bits per heavy atom. The smallest absolute Gasteiger partial charge is 0.305 e. The fourth-order valence-corrected chi connectivity index (χ4v) is 3.75. The first-order valence-corrected chi connectivity index (χ1v) is 9.39. The summed E-state index contributed by atoms with van der Waals surface area (Å²) in [5.74, 6) is -0.180. The van der Waals surface area contributed by atoms with E-state index in [1.807, 2.05) is 30.3 Å². The lowest BCUT2D eigenvalue weighted by atomic mass is 9.98. The largest absolute Gasteiger partial charge is 0.469 e. The molecular formula is C23H20ClNO2. The first-order chi connectivity index (χ1) is 13.2. The summed E-state index contributed by atoms with van der Waals surface area (Å²) in [5.41, 5.74) is 4.46. The molecule has 1 aromatic heterocycles. The van der Waals surface area contributed by atoms with Gasteiger partial charge in [0, 0.05) is 28.0 Å². The van der Waals surface area contributed by atoms with E-state index in [1.165, 1.54) is 23.4 Å². The molecule has 0 spiro atoms. The Morgan fingerprint density at radius 2 is 1.85 bits per heavy atom. The van der Waals surface area contributed by atoms with E-state index < -0.39 is 0 Å². The molecule has 1 heterocycles. The van der Waals surface area contributed by atoms with E-state index in [2.05, 4.69) is 35.3 Å². The van der Waals surface area contributed by atoms with Crippen LogP contribution < -0.4 is 0 Å². The summed E-state index contributed by atoms with van der Waals surface area (Å²) in [6.07, 6.45) is 1.91. The lowest BCUT2D eigenvalue weighted by Crippen LogP contribution is -2.00. The van der Waals surface area contributed by atoms with E-state index >= 15 is 0 Å². The number of aryl methyl sites for hydroxylation is 1. The first kappa shape index (κ1) is 17.6. The van der Waals surface area contributed by atoms with Crippen LogP contribution in [-0.2, 0) is 16.0 Å². The SMILES string of the molecule is COC(=O)CCCc1c(-c2ccc3ccccc3c2)[nH]c2ccc(Cl)cc12. The highest BCUT2D eigenvalue weighted by molar-refractivity contribution is 6.31. The molecule has 0 saturated carbocycles. The normalized spacial score (nSPS) is 11.2. The fraction of sp³-hybridized carbons (Fsp3) is 0.174. The van der Waals surface area contributed by atoms with Gasteiger partial charge in [0.25, 0.3) is 0 Å². The zero-order valence-corrected chi connectivity index (χ0v) is 15.8. The average molecular weight is 378 g/mol. The number of hydrogen-bond acceptors (Lipinski definition) is 2. The van der Waals surface area contributed by atoms with Gasteiger partial charge in [0.15, 0.2) is 0 Å². The number of esters is 1. The van der Waals surface area contributed by atoms with Gasteiger partial charge in [-0.3, -0.25) is 4.79 Å². The van der Waals surface area contributed by atoms with Gasteiger partial charge < -0.3 is 9.72 Å².